The van der Waals surface area contributed by atoms with Gasteiger partial charge in [0.05, 0.1) is 36.3 Å². The standard InChI is InChI=1S/C23H28N4O5S/c1-3-27-21-9-8-19(33(29,30)26-12-14-32-15-13-26)16-20(21)25-22(27)10-11-23(28)24-17-4-6-18(31-2)7-5-17/h4-9,16H,3,10-15H2,1-2H3,(H,24,28). The second kappa shape index (κ2) is 9.90. The number of fused-ring (bicyclic) bond motifs is 1. The molecular weight excluding hydrogens is 444 g/mol. The summed E-state index contributed by atoms with van der Waals surface area (Å²) < 4.78 is 39.8. The Bertz CT molecular complexity index is 1230. The Morgan fingerprint density at radius 1 is 1.15 bits per heavy atom. The van der Waals surface area contributed by atoms with Crippen molar-refractivity contribution in [2.45, 2.75) is 31.2 Å². The van der Waals surface area contributed by atoms with Crippen molar-refractivity contribution in [3.8, 4) is 5.75 Å². The lowest BCUT2D eigenvalue weighted by atomic mass is 10.2. The van der Waals surface area contributed by atoms with Crippen molar-refractivity contribution in [1.82, 2.24) is 13.9 Å². The summed E-state index contributed by atoms with van der Waals surface area (Å²) in [4.78, 5) is 17.3. The van der Waals surface area contributed by atoms with Crippen LogP contribution in [0.15, 0.2) is 47.4 Å². The average molecular weight is 473 g/mol. The molecule has 176 valence electrons. The summed E-state index contributed by atoms with van der Waals surface area (Å²) in [5.41, 5.74) is 2.16. The number of nitrogens with one attached hydrogen (secondary N) is 1. The quantitative estimate of drug-likeness (QED) is 0.541. The van der Waals surface area contributed by atoms with E-state index in [2.05, 4.69) is 10.3 Å². The predicted octanol–water partition coefficient (Wildman–Crippen LogP) is 2.66. The number of aromatic nitrogens is 2. The van der Waals surface area contributed by atoms with Crippen LogP contribution in [0.1, 0.15) is 19.2 Å². The van der Waals surface area contributed by atoms with Gasteiger partial charge in [-0.3, -0.25) is 4.79 Å². The number of imidazole rings is 1. The number of aryl methyl sites for hydroxylation is 2. The molecule has 0 unspecified atom stereocenters. The summed E-state index contributed by atoms with van der Waals surface area (Å²) >= 11 is 0. The smallest absolute Gasteiger partial charge is 0.243 e. The molecule has 1 amide bonds. The number of amides is 1. The summed E-state index contributed by atoms with van der Waals surface area (Å²) in [5, 5.41) is 2.87. The number of hydrogen-bond donors (Lipinski definition) is 1. The van der Waals surface area contributed by atoms with Gasteiger partial charge in [0.1, 0.15) is 11.6 Å². The van der Waals surface area contributed by atoms with Crippen LogP contribution in [0.3, 0.4) is 0 Å². The highest BCUT2D eigenvalue weighted by Crippen LogP contribution is 2.24. The topological polar surface area (TPSA) is 103 Å². The van der Waals surface area contributed by atoms with E-state index in [1.54, 1.807) is 49.6 Å². The van der Waals surface area contributed by atoms with Crippen molar-refractivity contribution in [3.05, 3.63) is 48.3 Å². The molecule has 33 heavy (non-hydrogen) atoms. The van der Waals surface area contributed by atoms with E-state index in [1.165, 1.54) is 4.31 Å². The SMILES string of the molecule is CCn1c(CCC(=O)Nc2ccc(OC)cc2)nc2cc(S(=O)(=O)N3CCOCC3)ccc21. The lowest BCUT2D eigenvalue weighted by molar-refractivity contribution is -0.116. The highest BCUT2D eigenvalue weighted by Gasteiger charge is 2.27. The molecule has 1 aliphatic heterocycles. The number of methoxy groups -OCH3 is 1. The Morgan fingerprint density at radius 2 is 1.88 bits per heavy atom. The van der Waals surface area contributed by atoms with Gasteiger partial charge in [-0.25, -0.2) is 13.4 Å². The Hall–Kier alpha value is -2.95. The van der Waals surface area contributed by atoms with E-state index in [1.807, 2.05) is 11.5 Å². The van der Waals surface area contributed by atoms with Gasteiger partial charge >= 0.3 is 0 Å². The first-order valence-corrected chi connectivity index (χ1v) is 12.4. The molecule has 1 saturated heterocycles. The number of carbonyl (C=O) groups is 1. The van der Waals surface area contributed by atoms with Crippen molar-refractivity contribution in [1.29, 1.82) is 0 Å². The van der Waals surface area contributed by atoms with Crippen molar-refractivity contribution >= 4 is 32.7 Å². The minimum absolute atomic E-state index is 0.120. The maximum absolute atomic E-state index is 13.0. The molecule has 3 aromatic rings. The number of sulfonamides is 1. The van der Waals surface area contributed by atoms with Gasteiger partial charge < -0.3 is 19.4 Å². The molecule has 0 atom stereocenters. The highest BCUT2D eigenvalue weighted by molar-refractivity contribution is 7.89. The van der Waals surface area contributed by atoms with E-state index in [-0.39, 0.29) is 17.2 Å². The number of carbonyl (C=O) groups excluding carboxylic acids is 1. The number of anilines is 1. The Balaban J connectivity index is 1.49. The molecule has 0 saturated carbocycles. The van der Waals surface area contributed by atoms with Crippen LogP contribution in [0, 0.1) is 0 Å². The molecule has 0 bridgehead atoms. The van der Waals surface area contributed by atoms with Gasteiger partial charge in [-0.1, -0.05) is 0 Å². The molecule has 1 aliphatic rings. The van der Waals surface area contributed by atoms with Crippen molar-refractivity contribution in [2.24, 2.45) is 0 Å². The van der Waals surface area contributed by atoms with E-state index in [4.69, 9.17) is 9.47 Å². The average Bonchev–Trinajstić information content (AvgIpc) is 3.20. The van der Waals surface area contributed by atoms with Crippen molar-refractivity contribution < 1.29 is 22.7 Å². The van der Waals surface area contributed by atoms with Gasteiger partial charge in [0, 0.05) is 38.2 Å². The lowest BCUT2D eigenvalue weighted by Gasteiger charge is -2.26. The highest BCUT2D eigenvalue weighted by atomic mass is 32.2. The fraction of sp³-hybridized carbons (Fsp3) is 0.391. The molecule has 9 nitrogen and oxygen atoms in total. The van der Waals surface area contributed by atoms with E-state index in [9.17, 15) is 13.2 Å². The van der Waals surface area contributed by atoms with Crippen LogP contribution in [-0.4, -0.2) is 61.6 Å². The molecule has 2 heterocycles. The maximum atomic E-state index is 13.0. The first-order chi connectivity index (χ1) is 15.9. The van der Waals surface area contributed by atoms with Crippen LogP contribution in [0.4, 0.5) is 5.69 Å². The monoisotopic (exact) mass is 472 g/mol. The minimum atomic E-state index is -3.60. The fourth-order valence-electron chi connectivity index (χ4n) is 3.92. The predicted molar refractivity (Wildman–Crippen MR) is 125 cm³/mol. The first kappa shape index (κ1) is 23.2. The zero-order valence-corrected chi connectivity index (χ0v) is 19.6. The van der Waals surface area contributed by atoms with Crippen LogP contribution in [-0.2, 0) is 32.5 Å². The lowest BCUT2D eigenvalue weighted by Crippen LogP contribution is -2.40. The van der Waals surface area contributed by atoms with E-state index >= 15 is 0 Å². The number of rotatable bonds is 8. The molecule has 1 N–H and O–H groups in total. The van der Waals surface area contributed by atoms with Crippen molar-refractivity contribution in [3.63, 3.8) is 0 Å². The molecule has 2 aromatic carbocycles. The third kappa shape index (κ3) is 5.02. The van der Waals surface area contributed by atoms with E-state index in [0.29, 0.717) is 50.5 Å². The zero-order valence-electron chi connectivity index (χ0n) is 18.8. The van der Waals surface area contributed by atoms with Gasteiger partial charge in [-0.05, 0) is 49.4 Å². The fourth-order valence-corrected chi connectivity index (χ4v) is 5.35. The second-order valence-corrected chi connectivity index (χ2v) is 9.65. The molecule has 0 spiro atoms. The molecule has 0 aliphatic carbocycles. The number of morpholine rings is 1. The summed E-state index contributed by atoms with van der Waals surface area (Å²) in [5.74, 6) is 1.35. The Kier molecular flexibility index (Phi) is 6.96. The van der Waals surface area contributed by atoms with Crippen LogP contribution in [0.2, 0.25) is 0 Å². The normalized spacial score (nSPS) is 15.0. The molecule has 0 radical (unpaired) electrons. The first-order valence-electron chi connectivity index (χ1n) is 10.9. The van der Waals surface area contributed by atoms with Gasteiger partial charge in [0.2, 0.25) is 15.9 Å². The molecule has 4 rings (SSSR count). The van der Waals surface area contributed by atoms with Crippen LogP contribution < -0.4 is 10.1 Å². The van der Waals surface area contributed by atoms with Gasteiger partial charge in [0.25, 0.3) is 0 Å². The summed E-state index contributed by atoms with van der Waals surface area (Å²) in [7, 11) is -2.01. The zero-order chi connectivity index (χ0) is 23.4. The molecule has 1 fully saturated rings. The second-order valence-electron chi connectivity index (χ2n) is 7.72. The van der Waals surface area contributed by atoms with Gasteiger partial charge in [0.15, 0.2) is 0 Å². The molecular formula is C23H28N4O5S. The summed E-state index contributed by atoms with van der Waals surface area (Å²) in [6.07, 6.45) is 0.699. The van der Waals surface area contributed by atoms with Crippen LogP contribution in [0.25, 0.3) is 11.0 Å². The summed E-state index contributed by atoms with van der Waals surface area (Å²) in [6.45, 7) is 4.15. The Morgan fingerprint density at radius 3 is 2.55 bits per heavy atom. The Labute approximate surface area is 193 Å². The van der Waals surface area contributed by atoms with Crippen LogP contribution in [0.5, 0.6) is 5.75 Å². The van der Waals surface area contributed by atoms with Crippen molar-refractivity contribution in [2.75, 3.05) is 38.7 Å². The van der Waals surface area contributed by atoms with Gasteiger partial charge in [-0.2, -0.15) is 4.31 Å². The van der Waals surface area contributed by atoms with E-state index in [0.717, 1.165) is 17.1 Å². The van der Waals surface area contributed by atoms with E-state index < -0.39 is 10.0 Å². The minimum Gasteiger partial charge on any atom is -0.497 e. The number of benzene rings is 2. The molecule has 1 aromatic heterocycles. The summed E-state index contributed by atoms with van der Waals surface area (Å²) in [6, 6.07) is 12.2. The third-order valence-corrected chi connectivity index (χ3v) is 7.57. The third-order valence-electron chi connectivity index (χ3n) is 5.67. The maximum Gasteiger partial charge on any atom is 0.243 e. The number of hydrogen-bond acceptors (Lipinski definition) is 6. The largest absolute Gasteiger partial charge is 0.497 e. The molecule has 10 heteroatoms. The van der Waals surface area contributed by atoms with Crippen LogP contribution >= 0.6 is 0 Å². The number of nitrogens with zero attached hydrogens (tertiary/aromatic N) is 3. The van der Waals surface area contributed by atoms with Gasteiger partial charge in [-0.15, -0.1) is 0 Å². The number of ether oxygens (including phenoxy) is 2.